The summed E-state index contributed by atoms with van der Waals surface area (Å²) < 4.78 is 18.0. The van der Waals surface area contributed by atoms with Crippen molar-refractivity contribution in [2.75, 3.05) is 59.6 Å². The van der Waals surface area contributed by atoms with Crippen LogP contribution >= 0.6 is 0 Å². The van der Waals surface area contributed by atoms with Gasteiger partial charge < -0.3 is 24.0 Å². The Hall–Kier alpha value is -2.50. The Labute approximate surface area is 216 Å². The molecule has 3 aromatic carbocycles. The van der Waals surface area contributed by atoms with E-state index >= 15 is 0 Å². The van der Waals surface area contributed by atoms with Crippen LogP contribution in [0.25, 0.3) is 21.5 Å². The Bertz CT molecular complexity index is 1120. The predicted octanol–water partition coefficient (Wildman–Crippen LogP) is 6.51. The molecule has 0 N–H and O–H groups in total. The molecule has 0 atom stereocenters. The highest BCUT2D eigenvalue weighted by Gasteiger charge is 2.12. The normalized spacial score (nSPS) is 17.5. The fraction of sp³-hybridized carbons (Fsp3) is 0.548. The fourth-order valence-corrected chi connectivity index (χ4v) is 5.76. The highest BCUT2D eigenvalue weighted by molar-refractivity contribution is 6.11. The first kappa shape index (κ1) is 25.2. The summed E-state index contributed by atoms with van der Waals surface area (Å²) in [4.78, 5) is 5.13. The molecule has 0 unspecified atom stereocenters. The van der Waals surface area contributed by atoms with E-state index in [1.54, 1.807) is 7.11 Å². The van der Waals surface area contributed by atoms with E-state index in [0.29, 0.717) is 0 Å². The van der Waals surface area contributed by atoms with Gasteiger partial charge in [0.1, 0.15) is 17.2 Å². The minimum absolute atomic E-state index is 0.746. The van der Waals surface area contributed by atoms with Crippen molar-refractivity contribution in [3.05, 3.63) is 42.5 Å². The molecule has 0 saturated carbocycles. The molecule has 0 amide bonds. The second kappa shape index (κ2) is 12.6. The van der Waals surface area contributed by atoms with Crippen molar-refractivity contribution in [3.63, 3.8) is 0 Å². The van der Waals surface area contributed by atoms with Crippen LogP contribution in [-0.4, -0.2) is 69.4 Å². The molecule has 3 aromatic rings. The van der Waals surface area contributed by atoms with Gasteiger partial charge in [-0.3, -0.25) is 0 Å². The average molecular weight is 491 g/mol. The third kappa shape index (κ3) is 6.43. The molecule has 2 aliphatic heterocycles. The molecule has 0 aliphatic carbocycles. The maximum absolute atomic E-state index is 6.13. The Kier molecular flexibility index (Phi) is 8.84. The standard InChI is InChI=1S/C31H42N2O3/c1-34-31-23-25-22-26(35-20-8-18-32-14-4-2-5-15-32)10-12-28(25)29-13-11-27(24-30(29)31)36-21-9-19-33-16-6-3-7-17-33/h10-13,22-24H,2-9,14-21H2,1H3. The number of nitrogens with zero attached hydrogens (tertiary/aromatic N) is 2. The third-order valence-corrected chi connectivity index (χ3v) is 7.75. The zero-order chi connectivity index (χ0) is 24.6. The van der Waals surface area contributed by atoms with Crippen LogP contribution in [0, 0.1) is 0 Å². The largest absolute Gasteiger partial charge is 0.496 e. The van der Waals surface area contributed by atoms with Crippen LogP contribution in [0.1, 0.15) is 51.4 Å². The lowest BCUT2D eigenvalue weighted by atomic mass is 10.0. The first-order valence-electron chi connectivity index (χ1n) is 14.0. The average Bonchev–Trinajstić information content (AvgIpc) is 2.94. The van der Waals surface area contributed by atoms with Gasteiger partial charge in [-0.2, -0.15) is 0 Å². The zero-order valence-corrected chi connectivity index (χ0v) is 22.0. The molecule has 2 aliphatic rings. The molecule has 0 bridgehead atoms. The molecular weight excluding hydrogens is 448 g/mol. The van der Waals surface area contributed by atoms with Gasteiger partial charge in [-0.05, 0) is 117 Å². The third-order valence-electron chi connectivity index (χ3n) is 7.75. The van der Waals surface area contributed by atoms with Crippen molar-refractivity contribution in [2.45, 2.75) is 51.4 Å². The summed E-state index contributed by atoms with van der Waals surface area (Å²) in [5.74, 6) is 2.71. The predicted molar refractivity (Wildman–Crippen MR) is 149 cm³/mol. The van der Waals surface area contributed by atoms with Gasteiger partial charge in [-0.25, -0.2) is 0 Å². The Morgan fingerprint density at radius 1 is 0.611 bits per heavy atom. The number of ether oxygens (including phenoxy) is 3. The van der Waals surface area contributed by atoms with Gasteiger partial charge >= 0.3 is 0 Å². The Balaban J connectivity index is 1.21. The highest BCUT2D eigenvalue weighted by Crippen LogP contribution is 2.37. The van der Waals surface area contributed by atoms with E-state index < -0.39 is 0 Å². The van der Waals surface area contributed by atoms with E-state index in [1.807, 2.05) is 0 Å². The summed E-state index contributed by atoms with van der Waals surface area (Å²) in [5, 5.41) is 4.63. The minimum atomic E-state index is 0.746. The highest BCUT2D eigenvalue weighted by atomic mass is 16.5. The van der Waals surface area contributed by atoms with Crippen molar-refractivity contribution in [1.82, 2.24) is 9.80 Å². The van der Waals surface area contributed by atoms with Gasteiger partial charge in [0.2, 0.25) is 0 Å². The van der Waals surface area contributed by atoms with Crippen LogP contribution in [-0.2, 0) is 0 Å². The van der Waals surface area contributed by atoms with E-state index in [0.717, 1.165) is 67.2 Å². The second-order valence-electron chi connectivity index (χ2n) is 10.4. The van der Waals surface area contributed by atoms with Crippen molar-refractivity contribution >= 4 is 21.5 Å². The van der Waals surface area contributed by atoms with Gasteiger partial charge in [-0.1, -0.05) is 18.9 Å². The van der Waals surface area contributed by atoms with Crippen molar-refractivity contribution < 1.29 is 14.2 Å². The number of hydrogen-bond acceptors (Lipinski definition) is 5. The van der Waals surface area contributed by atoms with E-state index in [2.05, 4.69) is 52.3 Å². The van der Waals surface area contributed by atoms with E-state index in [1.165, 1.54) is 75.5 Å². The Morgan fingerprint density at radius 3 is 1.75 bits per heavy atom. The Morgan fingerprint density at radius 2 is 1.17 bits per heavy atom. The molecule has 36 heavy (non-hydrogen) atoms. The summed E-state index contributed by atoms with van der Waals surface area (Å²) in [5.41, 5.74) is 0. The minimum Gasteiger partial charge on any atom is -0.496 e. The number of rotatable bonds is 11. The molecule has 2 heterocycles. The van der Waals surface area contributed by atoms with Crippen LogP contribution in [0.4, 0.5) is 0 Å². The van der Waals surface area contributed by atoms with Gasteiger partial charge in [0.05, 0.1) is 20.3 Å². The molecule has 2 saturated heterocycles. The number of methoxy groups -OCH3 is 1. The SMILES string of the molecule is COc1cc2cc(OCCCN3CCCCC3)ccc2c2ccc(OCCCN3CCCCC3)cc12. The first-order valence-corrected chi connectivity index (χ1v) is 14.0. The summed E-state index contributed by atoms with van der Waals surface area (Å²) >= 11 is 0. The number of hydrogen-bond donors (Lipinski definition) is 0. The molecule has 5 heteroatoms. The first-order chi connectivity index (χ1) is 17.8. The summed E-state index contributed by atoms with van der Waals surface area (Å²) in [6, 6.07) is 14.9. The fourth-order valence-electron chi connectivity index (χ4n) is 5.76. The van der Waals surface area contributed by atoms with Crippen LogP contribution in [0.2, 0.25) is 0 Å². The maximum Gasteiger partial charge on any atom is 0.127 e. The van der Waals surface area contributed by atoms with Gasteiger partial charge in [0.15, 0.2) is 0 Å². The van der Waals surface area contributed by atoms with Crippen LogP contribution in [0.5, 0.6) is 17.2 Å². The smallest absolute Gasteiger partial charge is 0.127 e. The molecule has 5 nitrogen and oxygen atoms in total. The lowest BCUT2D eigenvalue weighted by molar-refractivity contribution is 0.205. The second-order valence-corrected chi connectivity index (χ2v) is 10.4. The van der Waals surface area contributed by atoms with Gasteiger partial charge in [0.25, 0.3) is 0 Å². The zero-order valence-electron chi connectivity index (χ0n) is 22.0. The van der Waals surface area contributed by atoms with Crippen molar-refractivity contribution in [2.24, 2.45) is 0 Å². The van der Waals surface area contributed by atoms with Gasteiger partial charge in [-0.15, -0.1) is 0 Å². The van der Waals surface area contributed by atoms with Gasteiger partial charge in [0, 0.05) is 18.5 Å². The quantitative estimate of drug-likeness (QED) is 0.226. The number of piperidine rings is 2. The summed E-state index contributed by atoms with van der Waals surface area (Å²) in [7, 11) is 1.74. The number of likely N-dealkylation sites (tertiary alicyclic amines) is 2. The topological polar surface area (TPSA) is 34.2 Å². The molecule has 5 rings (SSSR count). The van der Waals surface area contributed by atoms with E-state index in [9.17, 15) is 0 Å². The molecule has 0 spiro atoms. The molecular formula is C31H42N2O3. The maximum atomic E-state index is 6.13. The number of benzene rings is 3. The van der Waals surface area contributed by atoms with Crippen molar-refractivity contribution in [1.29, 1.82) is 0 Å². The van der Waals surface area contributed by atoms with Crippen molar-refractivity contribution in [3.8, 4) is 17.2 Å². The van der Waals surface area contributed by atoms with E-state index in [-0.39, 0.29) is 0 Å². The molecule has 0 radical (unpaired) electrons. The summed E-state index contributed by atoms with van der Waals surface area (Å²) in [6.07, 6.45) is 10.3. The lowest BCUT2D eigenvalue weighted by Crippen LogP contribution is -2.31. The number of fused-ring (bicyclic) bond motifs is 3. The van der Waals surface area contributed by atoms with Crippen LogP contribution in [0.15, 0.2) is 42.5 Å². The molecule has 0 aromatic heterocycles. The molecule has 194 valence electrons. The van der Waals surface area contributed by atoms with Crippen LogP contribution in [0.3, 0.4) is 0 Å². The lowest BCUT2D eigenvalue weighted by Gasteiger charge is -2.26. The van der Waals surface area contributed by atoms with E-state index in [4.69, 9.17) is 14.2 Å². The van der Waals surface area contributed by atoms with Crippen LogP contribution < -0.4 is 14.2 Å². The summed E-state index contributed by atoms with van der Waals surface area (Å²) in [6.45, 7) is 8.74. The monoisotopic (exact) mass is 490 g/mol. The molecule has 2 fully saturated rings.